The van der Waals surface area contributed by atoms with Crippen molar-refractivity contribution in [2.24, 2.45) is 11.8 Å². The highest BCUT2D eigenvalue weighted by atomic mass is 15.1. The molecule has 0 bridgehead atoms. The predicted octanol–water partition coefficient (Wildman–Crippen LogP) is 9.85. The predicted molar refractivity (Wildman–Crippen MR) is 145 cm³/mol. The molecule has 1 aromatic carbocycles. The minimum absolute atomic E-state index is 0.614. The van der Waals surface area contributed by atoms with Crippen LogP contribution >= 0.6 is 0 Å². The molecule has 1 heterocycles. The van der Waals surface area contributed by atoms with E-state index >= 15 is 0 Å². The maximum Gasteiger partial charge on any atom is 0.0929 e. The van der Waals surface area contributed by atoms with E-state index in [2.05, 4.69) is 60.4 Å². The Labute approximate surface area is 209 Å². The Bertz CT molecular complexity index is 809. The van der Waals surface area contributed by atoms with Crippen molar-refractivity contribution in [1.82, 2.24) is 10.2 Å². The highest BCUT2D eigenvalue weighted by Gasteiger charge is 2.24. The summed E-state index contributed by atoms with van der Waals surface area (Å²) in [5.41, 5.74) is 4.95. The van der Waals surface area contributed by atoms with Gasteiger partial charge in [0.1, 0.15) is 0 Å². The quantitative estimate of drug-likeness (QED) is 0.312. The fraction of sp³-hybridized carbons (Fsp3) is 0.688. The van der Waals surface area contributed by atoms with E-state index in [4.69, 9.17) is 0 Å². The first-order valence-corrected chi connectivity index (χ1v) is 14.7. The Morgan fingerprint density at radius 1 is 0.588 bits per heavy atom. The molecule has 2 fully saturated rings. The van der Waals surface area contributed by atoms with Crippen LogP contribution in [0.3, 0.4) is 0 Å². The van der Waals surface area contributed by atoms with Gasteiger partial charge in [-0.05, 0) is 86.8 Å². The monoisotopic (exact) mass is 460 g/mol. The van der Waals surface area contributed by atoms with E-state index in [1.165, 1.54) is 120 Å². The number of unbranched alkanes of at least 4 members (excludes halogenated alkanes) is 4. The third kappa shape index (κ3) is 7.15. The molecule has 0 aliphatic heterocycles. The molecular formula is C32H48N2. The zero-order chi connectivity index (χ0) is 23.6. The number of nitrogens with zero attached hydrogens (tertiary/aromatic N) is 2. The lowest BCUT2D eigenvalue weighted by molar-refractivity contribution is 0.302. The second-order valence-electron chi connectivity index (χ2n) is 11.4. The van der Waals surface area contributed by atoms with E-state index in [1.54, 1.807) is 0 Å². The van der Waals surface area contributed by atoms with E-state index in [-0.39, 0.29) is 0 Å². The number of hydrogen-bond acceptors (Lipinski definition) is 2. The third-order valence-electron chi connectivity index (χ3n) is 8.89. The first kappa shape index (κ1) is 25.4. The summed E-state index contributed by atoms with van der Waals surface area (Å²) in [4.78, 5) is 0. The zero-order valence-electron chi connectivity index (χ0n) is 22.0. The van der Waals surface area contributed by atoms with Crippen LogP contribution in [0.4, 0.5) is 0 Å². The first-order valence-electron chi connectivity index (χ1n) is 14.7. The maximum absolute atomic E-state index is 4.66. The van der Waals surface area contributed by atoms with Crippen molar-refractivity contribution in [3.8, 4) is 11.3 Å². The zero-order valence-corrected chi connectivity index (χ0v) is 22.0. The van der Waals surface area contributed by atoms with Crippen molar-refractivity contribution in [2.75, 3.05) is 0 Å². The van der Waals surface area contributed by atoms with Crippen LogP contribution in [0, 0.1) is 11.8 Å². The number of rotatable bonds is 11. The standard InChI is InChI=1S/C32H48N2/c1-3-5-6-7-8-10-26-11-15-27(16-12-26)28-19-21-30(22-20-28)32-24-23-31(33-34-32)29-17-13-25(9-4-2)14-18-29/h19-27,29H,3-18H2,1-2H3. The van der Waals surface area contributed by atoms with Crippen molar-refractivity contribution in [3.63, 3.8) is 0 Å². The highest BCUT2D eigenvalue weighted by Crippen LogP contribution is 2.39. The fourth-order valence-electron chi connectivity index (χ4n) is 6.62. The summed E-state index contributed by atoms with van der Waals surface area (Å²) in [6, 6.07) is 13.7. The van der Waals surface area contributed by atoms with E-state index in [0.717, 1.165) is 23.4 Å². The highest BCUT2D eigenvalue weighted by molar-refractivity contribution is 5.59. The van der Waals surface area contributed by atoms with Crippen LogP contribution in [0.5, 0.6) is 0 Å². The average Bonchev–Trinajstić information content (AvgIpc) is 2.90. The molecule has 2 nitrogen and oxygen atoms in total. The van der Waals surface area contributed by atoms with Crippen molar-refractivity contribution in [3.05, 3.63) is 47.7 Å². The van der Waals surface area contributed by atoms with Crippen LogP contribution in [-0.2, 0) is 0 Å². The van der Waals surface area contributed by atoms with Gasteiger partial charge in [-0.2, -0.15) is 10.2 Å². The van der Waals surface area contributed by atoms with Gasteiger partial charge in [-0.15, -0.1) is 0 Å². The molecule has 0 spiro atoms. The second kappa shape index (κ2) is 13.4. The SMILES string of the molecule is CCCCCCCC1CCC(c2ccc(-c3ccc(C4CCC(CCC)CC4)nn3)cc2)CC1. The van der Waals surface area contributed by atoms with Gasteiger partial charge >= 0.3 is 0 Å². The minimum Gasteiger partial charge on any atom is -0.155 e. The molecule has 2 aliphatic rings. The molecular weight excluding hydrogens is 412 g/mol. The molecule has 0 amide bonds. The summed E-state index contributed by atoms with van der Waals surface area (Å²) < 4.78 is 0. The Morgan fingerprint density at radius 2 is 1.24 bits per heavy atom. The molecule has 186 valence electrons. The minimum atomic E-state index is 0.614. The smallest absolute Gasteiger partial charge is 0.0929 e. The Morgan fingerprint density at radius 3 is 1.85 bits per heavy atom. The molecule has 2 heteroatoms. The van der Waals surface area contributed by atoms with Gasteiger partial charge in [-0.1, -0.05) is 89.5 Å². The van der Waals surface area contributed by atoms with E-state index in [9.17, 15) is 0 Å². The van der Waals surface area contributed by atoms with Crippen molar-refractivity contribution in [1.29, 1.82) is 0 Å². The Balaban J connectivity index is 1.24. The molecule has 34 heavy (non-hydrogen) atoms. The molecule has 0 saturated heterocycles. The lowest BCUT2D eigenvalue weighted by Gasteiger charge is -2.29. The fourth-order valence-corrected chi connectivity index (χ4v) is 6.62. The molecule has 0 radical (unpaired) electrons. The lowest BCUT2D eigenvalue weighted by atomic mass is 9.77. The van der Waals surface area contributed by atoms with Gasteiger partial charge in [0.25, 0.3) is 0 Å². The summed E-state index contributed by atoms with van der Waals surface area (Å²) in [5.74, 6) is 3.29. The number of aromatic nitrogens is 2. The molecule has 0 N–H and O–H groups in total. The third-order valence-corrected chi connectivity index (χ3v) is 8.89. The molecule has 0 atom stereocenters. The van der Waals surface area contributed by atoms with Crippen LogP contribution in [0.15, 0.2) is 36.4 Å². The average molecular weight is 461 g/mol. The second-order valence-corrected chi connectivity index (χ2v) is 11.4. The van der Waals surface area contributed by atoms with Crippen LogP contribution in [0.1, 0.15) is 140 Å². The van der Waals surface area contributed by atoms with Crippen LogP contribution in [0.2, 0.25) is 0 Å². The maximum atomic E-state index is 4.66. The summed E-state index contributed by atoms with van der Waals surface area (Å²) in [5, 5.41) is 9.29. The number of benzene rings is 1. The van der Waals surface area contributed by atoms with Gasteiger partial charge in [0, 0.05) is 11.5 Å². The first-order chi connectivity index (χ1) is 16.8. The van der Waals surface area contributed by atoms with Crippen LogP contribution < -0.4 is 0 Å². The molecule has 4 rings (SSSR count). The van der Waals surface area contributed by atoms with Gasteiger partial charge < -0.3 is 0 Å². The normalized spacial score (nSPS) is 25.4. The van der Waals surface area contributed by atoms with E-state index in [0.29, 0.717) is 5.92 Å². The van der Waals surface area contributed by atoms with Crippen molar-refractivity contribution >= 4 is 0 Å². The van der Waals surface area contributed by atoms with Crippen molar-refractivity contribution in [2.45, 2.75) is 128 Å². The Kier molecular flexibility index (Phi) is 10.0. The van der Waals surface area contributed by atoms with Gasteiger partial charge in [0.05, 0.1) is 11.4 Å². The molecule has 0 unspecified atom stereocenters. The van der Waals surface area contributed by atoms with Crippen LogP contribution in [0.25, 0.3) is 11.3 Å². The number of hydrogen-bond donors (Lipinski definition) is 0. The van der Waals surface area contributed by atoms with E-state index in [1.807, 2.05) is 0 Å². The van der Waals surface area contributed by atoms with E-state index < -0.39 is 0 Å². The van der Waals surface area contributed by atoms with Crippen molar-refractivity contribution < 1.29 is 0 Å². The van der Waals surface area contributed by atoms with Gasteiger partial charge in [-0.25, -0.2) is 0 Å². The lowest BCUT2D eigenvalue weighted by Crippen LogP contribution is -2.14. The summed E-state index contributed by atoms with van der Waals surface area (Å²) in [6.45, 7) is 4.61. The van der Waals surface area contributed by atoms with Gasteiger partial charge in [-0.3, -0.25) is 0 Å². The molecule has 1 aromatic heterocycles. The van der Waals surface area contributed by atoms with Gasteiger partial charge in [0.2, 0.25) is 0 Å². The van der Waals surface area contributed by atoms with Gasteiger partial charge in [0.15, 0.2) is 0 Å². The Hall–Kier alpha value is -1.70. The van der Waals surface area contributed by atoms with Crippen LogP contribution in [-0.4, -0.2) is 10.2 Å². The summed E-state index contributed by atoms with van der Waals surface area (Å²) >= 11 is 0. The summed E-state index contributed by atoms with van der Waals surface area (Å²) in [7, 11) is 0. The molecule has 2 saturated carbocycles. The molecule has 2 aliphatic carbocycles. The molecule has 2 aromatic rings. The topological polar surface area (TPSA) is 25.8 Å². The summed E-state index contributed by atoms with van der Waals surface area (Å²) in [6.07, 6.45) is 22.2. The largest absolute Gasteiger partial charge is 0.155 e.